The van der Waals surface area contributed by atoms with E-state index in [0.29, 0.717) is 18.0 Å². The van der Waals surface area contributed by atoms with Gasteiger partial charge in [-0.05, 0) is 37.7 Å². The van der Waals surface area contributed by atoms with Gasteiger partial charge in [0.15, 0.2) is 0 Å². The van der Waals surface area contributed by atoms with Gasteiger partial charge in [-0.3, -0.25) is 0 Å². The van der Waals surface area contributed by atoms with Crippen molar-refractivity contribution in [3.8, 4) is 11.3 Å². The maximum Gasteiger partial charge on any atom is 0.222 e. The van der Waals surface area contributed by atoms with Crippen molar-refractivity contribution in [1.82, 2.24) is 15.3 Å². The maximum atomic E-state index is 6.13. The second-order valence-corrected chi connectivity index (χ2v) is 7.22. The van der Waals surface area contributed by atoms with Crippen molar-refractivity contribution in [3.63, 3.8) is 0 Å². The number of anilines is 2. The molecule has 5 heteroatoms. The molecule has 3 aliphatic rings. The summed E-state index contributed by atoms with van der Waals surface area (Å²) in [6.45, 7) is 2.12. The molecule has 1 aliphatic carbocycles. The number of hydrogen-bond acceptors (Lipinski definition) is 5. The lowest BCUT2D eigenvalue weighted by Crippen LogP contribution is -2.41. The van der Waals surface area contributed by atoms with Crippen molar-refractivity contribution in [2.45, 2.75) is 44.2 Å². The summed E-state index contributed by atoms with van der Waals surface area (Å²) in [4.78, 5) is 11.8. The molecule has 2 fully saturated rings. The molecule has 0 amide bonds. The van der Waals surface area contributed by atoms with E-state index in [4.69, 9.17) is 10.7 Å². The average Bonchev–Trinajstić information content (AvgIpc) is 2.87. The average molecular weight is 321 g/mol. The van der Waals surface area contributed by atoms with Gasteiger partial charge >= 0.3 is 0 Å². The summed E-state index contributed by atoms with van der Waals surface area (Å²) >= 11 is 0. The SMILES string of the molecule is Nc1nc2c(c(N3CCC4CC3CN4)n1)CCCc1ccccc1-2. The van der Waals surface area contributed by atoms with Crippen LogP contribution in [0.1, 0.15) is 30.4 Å². The van der Waals surface area contributed by atoms with Crippen LogP contribution in [0.2, 0.25) is 0 Å². The Balaban J connectivity index is 1.67. The van der Waals surface area contributed by atoms with Crippen LogP contribution in [0.25, 0.3) is 11.3 Å². The normalized spacial score (nSPS) is 25.1. The van der Waals surface area contributed by atoms with E-state index in [9.17, 15) is 0 Å². The molecular weight excluding hydrogens is 298 g/mol. The molecule has 2 aliphatic heterocycles. The highest BCUT2D eigenvalue weighted by Gasteiger charge is 2.36. The first-order chi connectivity index (χ1) is 11.8. The van der Waals surface area contributed by atoms with E-state index in [-0.39, 0.29) is 0 Å². The second-order valence-electron chi connectivity index (χ2n) is 7.22. The Bertz CT molecular complexity index is 787. The van der Waals surface area contributed by atoms with Gasteiger partial charge in [0.05, 0.1) is 5.69 Å². The van der Waals surface area contributed by atoms with E-state index >= 15 is 0 Å². The first-order valence-electron chi connectivity index (χ1n) is 9.04. The van der Waals surface area contributed by atoms with Crippen LogP contribution in [-0.4, -0.2) is 35.1 Å². The molecule has 2 bridgehead atoms. The molecule has 2 saturated heterocycles. The summed E-state index contributed by atoms with van der Waals surface area (Å²) in [5.74, 6) is 1.48. The lowest BCUT2D eigenvalue weighted by Gasteiger charge is -2.35. The van der Waals surface area contributed by atoms with Crippen LogP contribution in [0, 0.1) is 0 Å². The zero-order valence-corrected chi connectivity index (χ0v) is 13.8. The van der Waals surface area contributed by atoms with Crippen LogP contribution in [0.15, 0.2) is 24.3 Å². The molecule has 124 valence electrons. The Morgan fingerprint density at radius 1 is 1.17 bits per heavy atom. The fourth-order valence-corrected chi connectivity index (χ4v) is 4.62. The van der Waals surface area contributed by atoms with E-state index in [1.807, 2.05) is 0 Å². The van der Waals surface area contributed by atoms with Crippen LogP contribution >= 0.6 is 0 Å². The Morgan fingerprint density at radius 3 is 3.04 bits per heavy atom. The van der Waals surface area contributed by atoms with E-state index < -0.39 is 0 Å². The molecule has 5 rings (SSSR count). The molecule has 1 aromatic heterocycles. The number of aryl methyl sites for hydroxylation is 1. The van der Waals surface area contributed by atoms with E-state index in [2.05, 4.69) is 39.5 Å². The minimum absolute atomic E-state index is 0.397. The van der Waals surface area contributed by atoms with Crippen molar-refractivity contribution in [1.29, 1.82) is 0 Å². The van der Waals surface area contributed by atoms with E-state index in [1.54, 1.807) is 0 Å². The highest BCUT2D eigenvalue weighted by molar-refractivity contribution is 5.74. The van der Waals surface area contributed by atoms with Crippen molar-refractivity contribution >= 4 is 11.8 Å². The Labute approximate surface area is 142 Å². The standard InChI is InChI=1S/C19H23N5/c20-19-22-17-15-6-2-1-4-12(15)5-3-7-16(17)18(23-19)24-9-8-13-10-14(24)11-21-13/h1-2,4,6,13-14,21H,3,5,7-11H2,(H2,20,22,23). The Morgan fingerprint density at radius 2 is 2.08 bits per heavy atom. The molecule has 0 radical (unpaired) electrons. The minimum Gasteiger partial charge on any atom is -0.368 e. The summed E-state index contributed by atoms with van der Waals surface area (Å²) in [6, 6.07) is 9.83. The topological polar surface area (TPSA) is 67.1 Å². The molecule has 3 heterocycles. The Kier molecular flexibility index (Phi) is 3.23. The number of hydrogen-bond donors (Lipinski definition) is 2. The number of piperidine rings is 1. The van der Waals surface area contributed by atoms with Gasteiger partial charge in [-0.2, -0.15) is 4.98 Å². The Hall–Kier alpha value is -2.14. The molecule has 2 aromatic rings. The summed E-state index contributed by atoms with van der Waals surface area (Å²) < 4.78 is 0. The van der Waals surface area contributed by atoms with Crippen LogP contribution in [-0.2, 0) is 12.8 Å². The maximum absolute atomic E-state index is 6.13. The predicted octanol–water partition coefficient (Wildman–Crippen LogP) is 2.16. The summed E-state index contributed by atoms with van der Waals surface area (Å²) in [6.07, 6.45) is 5.67. The fourth-order valence-electron chi connectivity index (χ4n) is 4.62. The van der Waals surface area contributed by atoms with Crippen molar-refractivity contribution in [2.75, 3.05) is 23.7 Å². The monoisotopic (exact) mass is 321 g/mol. The van der Waals surface area contributed by atoms with Gasteiger partial charge in [0.25, 0.3) is 0 Å². The lowest BCUT2D eigenvalue weighted by atomic mass is 9.99. The molecule has 1 aromatic carbocycles. The number of nitrogens with zero attached hydrogens (tertiary/aromatic N) is 3. The summed E-state index contributed by atoms with van der Waals surface area (Å²) in [7, 11) is 0. The molecule has 24 heavy (non-hydrogen) atoms. The summed E-state index contributed by atoms with van der Waals surface area (Å²) in [5, 5.41) is 3.62. The third-order valence-electron chi connectivity index (χ3n) is 5.78. The van der Waals surface area contributed by atoms with Crippen molar-refractivity contribution < 1.29 is 0 Å². The molecule has 5 nitrogen and oxygen atoms in total. The number of rotatable bonds is 1. The zero-order chi connectivity index (χ0) is 16.1. The molecule has 2 unspecified atom stereocenters. The molecule has 2 atom stereocenters. The van der Waals surface area contributed by atoms with Gasteiger partial charge in [0.1, 0.15) is 5.82 Å². The number of nitrogens with two attached hydrogens (primary N) is 1. The zero-order valence-electron chi connectivity index (χ0n) is 13.8. The van der Waals surface area contributed by atoms with Gasteiger partial charge in [0, 0.05) is 36.3 Å². The lowest BCUT2D eigenvalue weighted by molar-refractivity contribution is 0.486. The number of fused-ring (bicyclic) bond motifs is 5. The second kappa shape index (κ2) is 5.45. The van der Waals surface area contributed by atoms with Crippen molar-refractivity contribution in [2.24, 2.45) is 0 Å². The van der Waals surface area contributed by atoms with Gasteiger partial charge in [-0.1, -0.05) is 24.3 Å². The van der Waals surface area contributed by atoms with Crippen LogP contribution in [0.4, 0.5) is 11.8 Å². The first kappa shape index (κ1) is 14.2. The fraction of sp³-hybridized carbons (Fsp3) is 0.474. The third-order valence-corrected chi connectivity index (χ3v) is 5.78. The largest absolute Gasteiger partial charge is 0.368 e. The molecular formula is C19H23N5. The van der Waals surface area contributed by atoms with Crippen LogP contribution in [0.3, 0.4) is 0 Å². The molecule has 0 saturated carbocycles. The van der Waals surface area contributed by atoms with Crippen LogP contribution in [0.5, 0.6) is 0 Å². The van der Waals surface area contributed by atoms with E-state index in [0.717, 1.165) is 43.9 Å². The van der Waals surface area contributed by atoms with Crippen LogP contribution < -0.4 is 16.0 Å². The van der Waals surface area contributed by atoms with Gasteiger partial charge in [-0.25, -0.2) is 4.98 Å². The van der Waals surface area contributed by atoms with Crippen molar-refractivity contribution in [3.05, 3.63) is 35.4 Å². The smallest absolute Gasteiger partial charge is 0.222 e. The number of benzene rings is 1. The molecule has 0 spiro atoms. The highest BCUT2D eigenvalue weighted by atomic mass is 15.3. The van der Waals surface area contributed by atoms with Gasteiger partial charge < -0.3 is 16.0 Å². The quantitative estimate of drug-likeness (QED) is 0.842. The number of nitrogens with one attached hydrogen (secondary N) is 1. The highest BCUT2D eigenvalue weighted by Crippen LogP contribution is 2.38. The van der Waals surface area contributed by atoms with E-state index in [1.165, 1.54) is 29.5 Å². The first-order valence-corrected chi connectivity index (χ1v) is 9.04. The number of nitrogen functional groups attached to an aromatic ring is 1. The third kappa shape index (κ3) is 2.18. The minimum atomic E-state index is 0.397. The van der Waals surface area contributed by atoms with Gasteiger partial charge in [-0.15, -0.1) is 0 Å². The molecule has 3 N–H and O–H groups in total. The number of aromatic nitrogens is 2. The summed E-state index contributed by atoms with van der Waals surface area (Å²) in [5.41, 5.74) is 11.1. The predicted molar refractivity (Wildman–Crippen MR) is 96.1 cm³/mol. The van der Waals surface area contributed by atoms with Gasteiger partial charge in [0.2, 0.25) is 5.95 Å².